The molecule has 2 aromatic rings. The summed E-state index contributed by atoms with van der Waals surface area (Å²) < 4.78 is 7.00. The van der Waals surface area contributed by atoms with Crippen molar-refractivity contribution in [3.63, 3.8) is 0 Å². The molecule has 1 atom stereocenters. The topological polar surface area (TPSA) is 69.2 Å². The van der Waals surface area contributed by atoms with Crippen LogP contribution in [0, 0.1) is 0 Å². The second-order valence-corrected chi connectivity index (χ2v) is 19.0. The average Bonchev–Trinajstić information content (AvgIpc) is 3.30. The number of urea groups is 1. The molecule has 3 aliphatic rings. The molecule has 3 amide bonds. The number of rotatable bonds is 9. The number of nitrogens with zero attached hydrogens (tertiary/aromatic N) is 5. The minimum atomic E-state index is -2.03. The number of hydrogen-bond donors (Lipinski definition) is 0. The number of likely N-dealkylation sites (tertiary alicyclic amines) is 1. The highest BCUT2D eigenvalue weighted by Crippen LogP contribution is 2.38. The van der Waals surface area contributed by atoms with Crippen LogP contribution in [0.15, 0.2) is 42.6 Å². The Balaban J connectivity index is 1.19. The summed E-state index contributed by atoms with van der Waals surface area (Å²) in [6.07, 6.45) is 4.87. The van der Waals surface area contributed by atoms with E-state index in [0.717, 1.165) is 69.8 Å². The van der Waals surface area contributed by atoms with Gasteiger partial charge in [-0.25, -0.2) is 4.79 Å². The van der Waals surface area contributed by atoms with Gasteiger partial charge in [-0.2, -0.15) is 0 Å². The van der Waals surface area contributed by atoms with Gasteiger partial charge in [-0.15, -0.1) is 0 Å². The maximum absolute atomic E-state index is 13.6. The molecule has 9 heteroatoms. The van der Waals surface area contributed by atoms with Crippen molar-refractivity contribution in [2.45, 2.75) is 90.2 Å². The first-order valence-corrected chi connectivity index (χ1v) is 19.0. The van der Waals surface area contributed by atoms with E-state index < -0.39 is 8.32 Å². The molecule has 5 rings (SSSR count). The Morgan fingerprint density at radius 2 is 1.67 bits per heavy atom. The van der Waals surface area contributed by atoms with E-state index in [4.69, 9.17) is 9.41 Å². The molecule has 8 nitrogen and oxygen atoms in total. The van der Waals surface area contributed by atoms with E-state index in [1.807, 2.05) is 20.9 Å². The summed E-state index contributed by atoms with van der Waals surface area (Å²) >= 11 is 0. The highest BCUT2D eigenvalue weighted by molar-refractivity contribution is 6.74. The number of benzene rings is 1. The van der Waals surface area contributed by atoms with Gasteiger partial charge >= 0.3 is 6.03 Å². The molecule has 4 heterocycles. The van der Waals surface area contributed by atoms with Crippen LogP contribution >= 0.6 is 0 Å². The van der Waals surface area contributed by atoms with Crippen LogP contribution < -0.4 is 0 Å². The van der Waals surface area contributed by atoms with E-state index in [0.29, 0.717) is 25.6 Å². The maximum atomic E-state index is 13.6. The zero-order chi connectivity index (χ0) is 30.8. The monoisotopic (exact) mass is 605 g/mol. The average molecular weight is 606 g/mol. The van der Waals surface area contributed by atoms with Crippen molar-refractivity contribution >= 4 is 20.3 Å². The van der Waals surface area contributed by atoms with Crippen molar-refractivity contribution in [1.29, 1.82) is 0 Å². The third-order valence-electron chi connectivity index (χ3n) is 10.1. The number of pyridine rings is 1. The summed E-state index contributed by atoms with van der Waals surface area (Å²) in [7, 11) is -2.03. The van der Waals surface area contributed by atoms with Crippen molar-refractivity contribution in [1.82, 2.24) is 24.6 Å². The van der Waals surface area contributed by atoms with E-state index in [1.54, 1.807) is 6.92 Å². The number of fused-ring (bicyclic) bond motifs is 1. The van der Waals surface area contributed by atoms with Crippen molar-refractivity contribution in [3.05, 3.63) is 65.0 Å². The minimum Gasteiger partial charge on any atom is -0.411 e. The SMILES string of the molecule is CC(=O)N1CCC(c2ccc(CN3CCN(C[C@@H](CN4CCc5ccccc5C4)O[Si](C)(C)C(C)(C)C)C3=O)cn2)CC1. The zero-order valence-corrected chi connectivity index (χ0v) is 28.1. The zero-order valence-electron chi connectivity index (χ0n) is 27.1. The largest absolute Gasteiger partial charge is 0.411 e. The number of hydrogen-bond acceptors (Lipinski definition) is 5. The predicted molar refractivity (Wildman–Crippen MR) is 173 cm³/mol. The molecule has 3 aliphatic heterocycles. The van der Waals surface area contributed by atoms with E-state index in [9.17, 15) is 9.59 Å². The van der Waals surface area contributed by atoms with Crippen LogP contribution in [0.4, 0.5) is 4.79 Å². The maximum Gasteiger partial charge on any atom is 0.320 e. The molecule has 2 fully saturated rings. The standard InChI is InChI=1S/C34H51N5O3Si/c1-26(40)37-17-14-29(15-18-37)32-12-11-27(21-35-32)22-38-19-20-39(33(38)41)25-31(42-43(5,6)34(2,3)4)24-36-16-13-28-9-7-8-10-30(28)23-36/h7-12,21,29,31H,13-20,22-25H2,1-6H3/t31-/m1/s1. The Hall–Kier alpha value is -2.75. The van der Waals surface area contributed by atoms with Gasteiger partial charge in [0.25, 0.3) is 0 Å². The first-order chi connectivity index (χ1) is 20.4. The number of aromatic nitrogens is 1. The van der Waals surface area contributed by atoms with Gasteiger partial charge in [0, 0.05) is 83.6 Å². The Kier molecular flexibility index (Phi) is 9.63. The van der Waals surface area contributed by atoms with E-state index in [-0.39, 0.29) is 23.1 Å². The lowest BCUT2D eigenvalue weighted by molar-refractivity contribution is -0.129. The Morgan fingerprint density at radius 3 is 2.33 bits per heavy atom. The molecule has 0 saturated carbocycles. The lowest BCUT2D eigenvalue weighted by Crippen LogP contribution is -2.51. The normalized spacial score (nSPS) is 19.6. The highest BCUT2D eigenvalue weighted by Gasteiger charge is 2.41. The fraction of sp³-hybridized carbons (Fsp3) is 0.618. The van der Waals surface area contributed by atoms with E-state index in [1.165, 1.54) is 11.1 Å². The fourth-order valence-corrected chi connectivity index (χ4v) is 7.74. The van der Waals surface area contributed by atoms with Gasteiger partial charge in [0.05, 0.1) is 6.10 Å². The first-order valence-electron chi connectivity index (χ1n) is 16.1. The number of carbonyl (C=O) groups is 2. The van der Waals surface area contributed by atoms with Gasteiger partial charge in [0.15, 0.2) is 8.32 Å². The Labute approximate surface area is 259 Å². The predicted octanol–water partition coefficient (Wildman–Crippen LogP) is 5.49. The van der Waals surface area contributed by atoms with Crippen molar-refractivity contribution in [2.24, 2.45) is 0 Å². The first kappa shape index (κ1) is 31.7. The minimum absolute atomic E-state index is 0.0228. The number of carbonyl (C=O) groups excluding carboxylic acids is 2. The van der Waals surface area contributed by atoms with Gasteiger partial charge in [-0.1, -0.05) is 51.1 Å². The second-order valence-electron chi connectivity index (χ2n) is 14.3. The molecule has 2 saturated heterocycles. The van der Waals surface area contributed by atoms with Crippen molar-refractivity contribution in [2.75, 3.05) is 45.8 Å². The van der Waals surface area contributed by atoms with Gasteiger partial charge in [0.1, 0.15) is 0 Å². The highest BCUT2D eigenvalue weighted by atomic mass is 28.4. The molecule has 1 aromatic heterocycles. The molecule has 0 unspecified atom stereocenters. The van der Waals surface area contributed by atoms with Gasteiger partial charge < -0.3 is 19.1 Å². The second kappa shape index (κ2) is 13.1. The lowest BCUT2D eigenvalue weighted by atomic mass is 9.93. The van der Waals surface area contributed by atoms with E-state index in [2.05, 4.69) is 75.2 Å². The third kappa shape index (κ3) is 7.67. The molecule has 43 heavy (non-hydrogen) atoms. The molecule has 0 radical (unpaired) electrons. The van der Waals surface area contributed by atoms with Crippen LogP contribution in [0.25, 0.3) is 0 Å². The van der Waals surface area contributed by atoms with Crippen molar-refractivity contribution in [3.8, 4) is 0 Å². The summed E-state index contributed by atoms with van der Waals surface area (Å²) in [5.74, 6) is 0.543. The molecule has 0 spiro atoms. The molecular formula is C34H51N5O3Si. The van der Waals surface area contributed by atoms with Crippen LogP contribution in [0.5, 0.6) is 0 Å². The summed E-state index contributed by atoms with van der Waals surface area (Å²) in [4.78, 5) is 38.4. The lowest BCUT2D eigenvalue weighted by Gasteiger charge is -2.42. The number of piperidine rings is 1. The van der Waals surface area contributed by atoms with Gasteiger partial charge in [0.2, 0.25) is 5.91 Å². The smallest absolute Gasteiger partial charge is 0.320 e. The van der Waals surface area contributed by atoms with Crippen LogP contribution in [0.2, 0.25) is 18.1 Å². The summed E-state index contributed by atoms with van der Waals surface area (Å²) in [6, 6.07) is 13.1. The van der Waals surface area contributed by atoms with Gasteiger partial charge in [-0.3, -0.25) is 14.7 Å². The van der Waals surface area contributed by atoms with Crippen molar-refractivity contribution < 1.29 is 14.0 Å². The summed E-state index contributed by atoms with van der Waals surface area (Å²) in [5.41, 5.74) is 5.00. The van der Waals surface area contributed by atoms with Crippen LogP contribution in [-0.2, 0) is 28.7 Å². The van der Waals surface area contributed by atoms with Crippen LogP contribution in [0.1, 0.15) is 68.8 Å². The summed E-state index contributed by atoms with van der Waals surface area (Å²) in [5, 5.41) is 0.102. The molecular weight excluding hydrogens is 554 g/mol. The Morgan fingerprint density at radius 1 is 0.977 bits per heavy atom. The molecule has 0 bridgehead atoms. The number of amides is 3. The molecule has 1 aromatic carbocycles. The quantitative estimate of drug-likeness (QED) is 0.354. The fourth-order valence-electron chi connectivity index (χ4n) is 6.40. The van der Waals surface area contributed by atoms with E-state index >= 15 is 0 Å². The van der Waals surface area contributed by atoms with Crippen LogP contribution in [0.3, 0.4) is 0 Å². The third-order valence-corrected chi connectivity index (χ3v) is 14.7. The molecule has 0 N–H and O–H groups in total. The summed E-state index contributed by atoms with van der Waals surface area (Å²) in [6.45, 7) is 20.1. The molecule has 0 aliphatic carbocycles. The van der Waals surface area contributed by atoms with Gasteiger partial charge in [-0.05, 0) is 60.2 Å². The molecule has 234 valence electrons. The van der Waals surface area contributed by atoms with Crippen LogP contribution in [-0.4, -0.2) is 96.8 Å². The Bertz CT molecular complexity index is 1270.